The minimum atomic E-state index is -0.423. The average molecular weight is 609 g/mol. The molecule has 0 spiro atoms. The van der Waals surface area contributed by atoms with Crippen LogP contribution < -0.4 is 16.2 Å². The van der Waals surface area contributed by atoms with Gasteiger partial charge in [-0.25, -0.2) is 9.37 Å². The lowest BCUT2D eigenvalue weighted by Gasteiger charge is -2.32. The van der Waals surface area contributed by atoms with E-state index >= 15 is 4.39 Å². The maximum atomic E-state index is 15.8. The first-order valence-electron chi connectivity index (χ1n) is 16.5. The predicted octanol–water partition coefficient (Wildman–Crippen LogP) is 6.65. The Morgan fingerprint density at radius 3 is 2.44 bits per heavy atom. The van der Waals surface area contributed by atoms with Crippen LogP contribution in [-0.4, -0.2) is 51.5 Å². The first-order valence-corrected chi connectivity index (χ1v) is 16.5. The number of hydrogen-bond acceptors (Lipinski definition) is 6. The van der Waals surface area contributed by atoms with Gasteiger partial charge in [0.25, 0.3) is 5.56 Å². The van der Waals surface area contributed by atoms with Gasteiger partial charge in [0.05, 0.1) is 5.56 Å². The van der Waals surface area contributed by atoms with Crippen LogP contribution >= 0.6 is 0 Å². The number of aromatic nitrogens is 3. The SMILES string of the molecule is CC(=O)N1CCCC(c2ccc(-c3cc4cnc(Nc5ccc(C6CCCNC6)cc5)nc4n(C4CCCC4)c3=O)c(F)c2)C1. The van der Waals surface area contributed by atoms with Gasteiger partial charge in [-0.15, -0.1) is 0 Å². The normalized spacial score (nSPS) is 20.9. The highest BCUT2D eigenvalue weighted by molar-refractivity contribution is 5.82. The van der Waals surface area contributed by atoms with Gasteiger partial charge in [0, 0.05) is 61.4 Å². The highest BCUT2D eigenvalue weighted by atomic mass is 19.1. The van der Waals surface area contributed by atoms with Crippen LogP contribution in [0, 0.1) is 5.82 Å². The highest BCUT2D eigenvalue weighted by Crippen LogP contribution is 2.34. The third-order valence-corrected chi connectivity index (χ3v) is 10.0. The number of likely N-dealkylation sites (tertiary alicyclic amines) is 1. The van der Waals surface area contributed by atoms with E-state index in [-0.39, 0.29) is 29.0 Å². The minimum absolute atomic E-state index is 0.00761. The lowest BCUT2D eigenvalue weighted by molar-refractivity contribution is -0.130. The molecule has 4 heterocycles. The van der Waals surface area contributed by atoms with Gasteiger partial charge in [-0.05, 0) is 86.4 Å². The number of amides is 1. The average Bonchev–Trinajstić information content (AvgIpc) is 3.60. The molecule has 45 heavy (non-hydrogen) atoms. The molecule has 9 heteroatoms. The fourth-order valence-electron chi connectivity index (χ4n) is 7.52. The second-order valence-electron chi connectivity index (χ2n) is 13.0. The van der Waals surface area contributed by atoms with Crippen molar-refractivity contribution in [1.29, 1.82) is 0 Å². The van der Waals surface area contributed by atoms with Gasteiger partial charge >= 0.3 is 0 Å². The summed E-state index contributed by atoms with van der Waals surface area (Å²) in [5.41, 5.74) is 4.03. The molecule has 1 saturated carbocycles. The number of anilines is 2. The lowest BCUT2D eigenvalue weighted by Crippen LogP contribution is -2.37. The summed E-state index contributed by atoms with van der Waals surface area (Å²) < 4.78 is 17.6. The zero-order chi connectivity index (χ0) is 30.9. The Balaban J connectivity index is 1.20. The molecule has 0 bridgehead atoms. The number of carbonyl (C=O) groups is 1. The van der Waals surface area contributed by atoms with Crippen LogP contribution in [0.3, 0.4) is 0 Å². The highest BCUT2D eigenvalue weighted by Gasteiger charge is 2.26. The third kappa shape index (κ3) is 6.10. The molecule has 1 aliphatic carbocycles. The fourth-order valence-corrected chi connectivity index (χ4v) is 7.52. The number of fused-ring (bicyclic) bond motifs is 1. The molecule has 2 aromatic heterocycles. The zero-order valence-electron chi connectivity index (χ0n) is 25.9. The number of halogens is 1. The Hall–Kier alpha value is -4.11. The molecule has 2 unspecified atom stereocenters. The summed E-state index contributed by atoms with van der Waals surface area (Å²) in [6.07, 6.45) is 9.78. The number of piperidine rings is 2. The van der Waals surface area contributed by atoms with E-state index in [4.69, 9.17) is 4.98 Å². The number of hydrogen-bond donors (Lipinski definition) is 2. The van der Waals surface area contributed by atoms with E-state index in [1.54, 1.807) is 35.9 Å². The minimum Gasteiger partial charge on any atom is -0.342 e. The van der Waals surface area contributed by atoms with Crippen LogP contribution in [0.5, 0.6) is 0 Å². The van der Waals surface area contributed by atoms with Crippen LogP contribution in [-0.2, 0) is 4.79 Å². The maximum absolute atomic E-state index is 15.8. The molecule has 3 aliphatic rings. The Kier molecular flexibility index (Phi) is 8.36. The van der Waals surface area contributed by atoms with Crippen molar-refractivity contribution in [2.45, 2.75) is 76.2 Å². The summed E-state index contributed by atoms with van der Waals surface area (Å²) in [6.45, 7) is 5.02. The molecule has 4 aromatic rings. The van der Waals surface area contributed by atoms with E-state index in [9.17, 15) is 9.59 Å². The summed E-state index contributed by atoms with van der Waals surface area (Å²) in [5.74, 6) is 0.666. The molecule has 0 radical (unpaired) electrons. The van der Waals surface area contributed by atoms with Crippen LogP contribution in [0.15, 0.2) is 59.5 Å². The maximum Gasteiger partial charge on any atom is 0.260 e. The number of rotatable bonds is 6. The standard InChI is InChI=1S/C36H41FN6O2/c1-23(44)42-17-5-7-27(22-42)25-12-15-31(33(37)19-25)32-18-28-21-39-36(41-34(28)43(35(32)45)30-8-2-3-9-30)40-29-13-10-24(11-14-29)26-6-4-16-38-20-26/h10-15,18-19,21,26-27,30,38H,2-9,16-17,20,22H2,1H3,(H,39,40,41). The van der Waals surface area contributed by atoms with Crippen molar-refractivity contribution >= 4 is 28.6 Å². The molecule has 234 valence electrons. The molecule has 2 aliphatic heterocycles. The molecular weight excluding hydrogens is 567 g/mol. The van der Waals surface area contributed by atoms with Crippen molar-refractivity contribution in [2.24, 2.45) is 0 Å². The first kappa shape index (κ1) is 29.6. The van der Waals surface area contributed by atoms with Crippen molar-refractivity contribution in [3.05, 3.63) is 82.0 Å². The zero-order valence-corrected chi connectivity index (χ0v) is 25.9. The Labute approximate surface area is 263 Å². The van der Waals surface area contributed by atoms with Crippen molar-refractivity contribution in [3.63, 3.8) is 0 Å². The van der Waals surface area contributed by atoms with Gasteiger partial charge in [-0.1, -0.05) is 37.1 Å². The molecule has 2 aromatic carbocycles. The number of nitrogens with zero attached hydrogens (tertiary/aromatic N) is 4. The first-order chi connectivity index (χ1) is 21.9. The molecule has 8 nitrogen and oxygen atoms in total. The van der Waals surface area contributed by atoms with E-state index in [0.717, 1.165) is 69.4 Å². The van der Waals surface area contributed by atoms with Crippen molar-refractivity contribution in [3.8, 4) is 11.1 Å². The van der Waals surface area contributed by atoms with Crippen LogP contribution in [0.4, 0.5) is 16.0 Å². The molecule has 3 fully saturated rings. The number of benzene rings is 2. The van der Waals surface area contributed by atoms with Crippen molar-refractivity contribution in [2.75, 3.05) is 31.5 Å². The van der Waals surface area contributed by atoms with E-state index in [0.29, 0.717) is 35.0 Å². The molecular formula is C36H41FN6O2. The lowest BCUT2D eigenvalue weighted by atomic mass is 9.89. The van der Waals surface area contributed by atoms with E-state index < -0.39 is 5.82 Å². The second-order valence-corrected chi connectivity index (χ2v) is 13.0. The summed E-state index contributed by atoms with van der Waals surface area (Å²) in [5, 5.41) is 7.51. The Morgan fingerprint density at radius 2 is 1.71 bits per heavy atom. The van der Waals surface area contributed by atoms with Crippen LogP contribution in [0.2, 0.25) is 0 Å². The molecule has 2 atom stereocenters. The molecule has 2 N–H and O–H groups in total. The van der Waals surface area contributed by atoms with Gasteiger partial charge in [-0.2, -0.15) is 4.98 Å². The van der Waals surface area contributed by atoms with Gasteiger partial charge in [-0.3, -0.25) is 14.2 Å². The van der Waals surface area contributed by atoms with Gasteiger partial charge in [0.15, 0.2) is 0 Å². The number of carbonyl (C=O) groups excluding carboxylic acids is 1. The largest absolute Gasteiger partial charge is 0.342 e. The number of pyridine rings is 1. The van der Waals surface area contributed by atoms with Gasteiger partial charge < -0.3 is 15.5 Å². The van der Waals surface area contributed by atoms with E-state index in [2.05, 4.69) is 39.9 Å². The smallest absolute Gasteiger partial charge is 0.260 e. The van der Waals surface area contributed by atoms with E-state index in [1.807, 2.05) is 11.0 Å². The predicted molar refractivity (Wildman–Crippen MR) is 175 cm³/mol. The van der Waals surface area contributed by atoms with Crippen LogP contribution in [0.25, 0.3) is 22.2 Å². The summed E-state index contributed by atoms with van der Waals surface area (Å²) >= 11 is 0. The van der Waals surface area contributed by atoms with E-state index in [1.165, 1.54) is 18.4 Å². The van der Waals surface area contributed by atoms with Gasteiger partial charge in [0.2, 0.25) is 11.9 Å². The van der Waals surface area contributed by atoms with Crippen LogP contribution in [0.1, 0.15) is 87.3 Å². The molecule has 1 amide bonds. The molecule has 2 saturated heterocycles. The quantitative estimate of drug-likeness (QED) is 0.255. The van der Waals surface area contributed by atoms with Crippen molar-refractivity contribution < 1.29 is 9.18 Å². The summed E-state index contributed by atoms with van der Waals surface area (Å²) in [6, 6.07) is 15.4. The summed E-state index contributed by atoms with van der Waals surface area (Å²) in [4.78, 5) is 37.4. The monoisotopic (exact) mass is 608 g/mol. The summed E-state index contributed by atoms with van der Waals surface area (Å²) in [7, 11) is 0. The van der Waals surface area contributed by atoms with Crippen molar-refractivity contribution in [1.82, 2.24) is 24.8 Å². The Morgan fingerprint density at radius 1 is 0.933 bits per heavy atom. The second kappa shape index (κ2) is 12.7. The fraction of sp³-hybridized carbons (Fsp3) is 0.444. The molecule has 7 rings (SSSR count). The third-order valence-electron chi connectivity index (χ3n) is 10.0. The Bertz CT molecular complexity index is 1760. The number of nitrogens with one attached hydrogen (secondary N) is 2. The van der Waals surface area contributed by atoms with Gasteiger partial charge in [0.1, 0.15) is 11.5 Å². The topological polar surface area (TPSA) is 92.2 Å².